The number of aromatic nitrogens is 4. The van der Waals surface area contributed by atoms with Crippen molar-refractivity contribution < 1.29 is 9.53 Å². The summed E-state index contributed by atoms with van der Waals surface area (Å²) in [6.45, 7) is 2.33. The molecular formula is C19H21N5O2. The van der Waals surface area contributed by atoms with Crippen LogP contribution in [0.25, 0.3) is 0 Å². The van der Waals surface area contributed by atoms with E-state index in [1.54, 1.807) is 29.5 Å². The van der Waals surface area contributed by atoms with Gasteiger partial charge in [0.1, 0.15) is 0 Å². The van der Waals surface area contributed by atoms with Crippen LogP contribution in [0.3, 0.4) is 0 Å². The highest BCUT2D eigenvalue weighted by atomic mass is 16.5. The second kappa shape index (κ2) is 7.13. The van der Waals surface area contributed by atoms with E-state index in [4.69, 9.17) is 4.74 Å². The molecule has 4 rings (SSSR count). The van der Waals surface area contributed by atoms with Crippen molar-refractivity contribution in [3.05, 3.63) is 72.1 Å². The van der Waals surface area contributed by atoms with Crippen molar-refractivity contribution in [2.45, 2.75) is 25.8 Å². The van der Waals surface area contributed by atoms with Crippen molar-refractivity contribution in [2.75, 3.05) is 6.54 Å². The lowest BCUT2D eigenvalue weighted by Gasteiger charge is -2.24. The van der Waals surface area contributed by atoms with E-state index < -0.39 is 0 Å². The van der Waals surface area contributed by atoms with Crippen molar-refractivity contribution in [3.63, 3.8) is 0 Å². The molecule has 0 bridgehead atoms. The predicted molar refractivity (Wildman–Crippen MR) is 95.2 cm³/mol. The third kappa shape index (κ3) is 3.52. The third-order valence-corrected chi connectivity index (χ3v) is 4.57. The number of carbonyl (C=O) groups is 1. The molecule has 26 heavy (non-hydrogen) atoms. The summed E-state index contributed by atoms with van der Waals surface area (Å²) in [5.74, 6) is -0.0229. The van der Waals surface area contributed by atoms with Crippen molar-refractivity contribution in [1.82, 2.24) is 24.2 Å². The van der Waals surface area contributed by atoms with Crippen molar-refractivity contribution in [1.29, 1.82) is 0 Å². The number of fused-ring (bicyclic) bond motifs is 1. The quantitative estimate of drug-likeness (QED) is 0.720. The molecule has 3 aromatic rings. The summed E-state index contributed by atoms with van der Waals surface area (Å²) < 4.78 is 9.94. The molecule has 1 atom stereocenters. The third-order valence-electron chi connectivity index (χ3n) is 4.57. The first-order valence-electron chi connectivity index (χ1n) is 8.61. The van der Waals surface area contributed by atoms with Crippen LogP contribution in [0.1, 0.15) is 21.6 Å². The summed E-state index contributed by atoms with van der Waals surface area (Å²) in [7, 11) is 1.81. The second-order valence-corrected chi connectivity index (χ2v) is 6.53. The van der Waals surface area contributed by atoms with Crippen LogP contribution in [-0.4, -0.2) is 42.8 Å². The van der Waals surface area contributed by atoms with Gasteiger partial charge in [0.25, 0.3) is 5.91 Å². The molecule has 0 saturated carbocycles. The Morgan fingerprint density at radius 1 is 1.27 bits per heavy atom. The first-order chi connectivity index (χ1) is 12.7. The molecule has 3 aromatic heterocycles. The lowest BCUT2D eigenvalue weighted by Crippen LogP contribution is -2.37. The Kier molecular flexibility index (Phi) is 4.53. The smallest absolute Gasteiger partial charge is 0.257 e. The fraction of sp³-hybridized carbons (Fsp3) is 0.316. The second-order valence-electron chi connectivity index (χ2n) is 6.53. The maximum atomic E-state index is 12.9. The van der Waals surface area contributed by atoms with E-state index in [1.165, 1.54) is 0 Å². The zero-order valence-corrected chi connectivity index (χ0v) is 14.7. The molecule has 4 heterocycles. The van der Waals surface area contributed by atoms with Gasteiger partial charge in [-0.25, -0.2) is 0 Å². The van der Waals surface area contributed by atoms with Crippen LogP contribution in [0.15, 0.2) is 55.2 Å². The highest BCUT2D eigenvalue weighted by Gasteiger charge is 2.26. The van der Waals surface area contributed by atoms with Gasteiger partial charge in [0.2, 0.25) is 0 Å². The zero-order chi connectivity index (χ0) is 17.9. The summed E-state index contributed by atoms with van der Waals surface area (Å²) in [4.78, 5) is 18.8. The van der Waals surface area contributed by atoms with Crippen LogP contribution in [0.5, 0.6) is 0 Å². The summed E-state index contributed by atoms with van der Waals surface area (Å²) in [6.07, 6.45) is 8.83. The Balaban J connectivity index is 1.52. The largest absolute Gasteiger partial charge is 0.370 e. The number of pyridine rings is 1. The summed E-state index contributed by atoms with van der Waals surface area (Å²) in [5, 5.41) is 4.11. The van der Waals surface area contributed by atoms with E-state index in [2.05, 4.69) is 20.7 Å². The Hall–Kier alpha value is -2.93. The molecule has 0 spiro atoms. The Morgan fingerprint density at radius 3 is 2.88 bits per heavy atom. The number of carbonyl (C=O) groups excluding carboxylic acids is 1. The van der Waals surface area contributed by atoms with Crippen molar-refractivity contribution in [2.24, 2.45) is 7.05 Å². The minimum Gasteiger partial charge on any atom is -0.370 e. The summed E-state index contributed by atoms with van der Waals surface area (Å²) in [6, 6.07) is 7.94. The SMILES string of the molecule is Cn1cc(C(=O)N2Cc3cccn3C[C@@H](OCc3ccncc3)C2)cn1. The minimum absolute atomic E-state index is 0.0229. The number of aryl methyl sites for hydroxylation is 1. The lowest BCUT2D eigenvalue weighted by atomic mass is 10.2. The van der Waals surface area contributed by atoms with Crippen molar-refractivity contribution in [3.8, 4) is 0 Å². The van der Waals surface area contributed by atoms with Gasteiger partial charge >= 0.3 is 0 Å². The van der Waals surface area contributed by atoms with Crippen LogP contribution in [0.4, 0.5) is 0 Å². The standard InChI is InChI=1S/C19H21N5O2/c1-22-10-16(9-21-22)19(25)24-11-17-3-2-8-23(17)12-18(13-24)26-14-15-4-6-20-7-5-15/h2-10,18H,11-14H2,1H3/t18-/m1/s1. The van der Waals surface area contributed by atoms with Crippen LogP contribution in [0.2, 0.25) is 0 Å². The van der Waals surface area contributed by atoms with Crippen LogP contribution in [0, 0.1) is 0 Å². The van der Waals surface area contributed by atoms with Crippen molar-refractivity contribution >= 4 is 5.91 Å². The topological polar surface area (TPSA) is 65.2 Å². The number of amides is 1. The number of hydrogen-bond donors (Lipinski definition) is 0. The Bertz CT molecular complexity index is 886. The monoisotopic (exact) mass is 351 g/mol. The van der Waals surface area contributed by atoms with Gasteiger partial charge in [-0.1, -0.05) is 0 Å². The molecule has 0 radical (unpaired) electrons. The van der Waals surface area contributed by atoms with Gasteiger partial charge < -0.3 is 14.2 Å². The molecule has 1 aliphatic heterocycles. The van der Waals surface area contributed by atoms with Gasteiger partial charge in [-0.05, 0) is 29.8 Å². The molecular weight excluding hydrogens is 330 g/mol. The first kappa shape index (κ1) is 16.5. The van der Waals surface area contributed by atoms with Crippen LogP contribution < -0.4 is 0 Å². The molecule has 0 aromatic carbocycles. The van der Waals surface area contributed by atoms with E-state index in [9.17, 15) is 4.79 Å². The van der Waals surface area contributed by atoms with E-state index >= 15 is 0 Å². The predicted octanol–water partition coefficient (Wildman–Crippen LogP) is 1.86. The number of ether oxygens (including phenoxy) is 1. The van der Waals surface area contributed by atoms with Gasteiger partial charge in [0, 0.05) is 44.1 Å². The summed E-state index contributed by atoms with van der Waals surface area (Å²) >= 11 is 0. The highest BCUT2D eigenvalue weighted by Crippen LogP contribution is 2.18. The van der Waals surface area contributed by atoms with Gasteiger partial charge in [-0.3, -0.25) is 14.5 Å². The maximum Gasteiger partial charge on any atom is 0.257 e. The van der Waals surface area contributed by atoms with Crippen LogP contribution in [-0.2, 0) is 31.5 Å². The molecule has 0 aliphatic carbocycles. The Labute approximate surface area is 151 Å². The number of hydrogen-bond acceptors (Lipinski definition) is 4. The number of rotatable bonds is 4. The fourth-order valence-electron chi connectivity index (χ4n) is 3.22. The fourth-order valence-corrected chi connectivity index (χ4v) is 3.22. The Morgan fingerprint density at radius 2 is 2.12 bits per heavy atom. The molecule has 0 N–H and O–H groups in total. The van der Waals surface area contributed by atoms with Gasteiger partial charge in [-0.2, -0.15) is 5.10 Å². The first-order valence-corrected chi connectivity index (χ1v) is 8.61. The maximum absolute atomic E-state index is 12.9. The molecule has 1 aliphatic rings. The van der Waals surface area contributed by atoms with Gasteiger partial charge in [-0.15, -0.1) is 0 Å². The normalized spacial score (nSPS) is 17.0. The van der Waals surface area contributed by atoms with Gasteiger partial charge in [0.05, 0.1) is 37.6 Å². The van der Waals surface area contributed by atoms with Crippen LogP contribution >= 0.6 is 0 Å². The number of nitrogens with zero attached hydrogens (tertiary/aromatic N) is 5. The highest BCUT2D eigenvalue weighted by molar-refractivity contribution is 5.93. The molecule has 134 valence electrons. The molecule has 7 nitrogen and oxygen atoms in total. The minimum atomic E-state index is -0.0857. The molecule has 0 unspecified atom stereocenters. The van der Waals surface area contributed by atoms with E-state index in [0.29, 0.717) is 25.3 Å². The zero-order valence-electron chi connectivity index (χ0n) is 14.7. The summed E-state index contributed by atoms with van der Waals surface area (Å²) in [5.41, 5.74) is 2.78. The van der Waals surface area contributed by atoms with E-state index in [-0.39, 0.29) is 12.0 Å². The average molecular weight is 351 g/mol. The van der Waals surface area contributed by atoms with Gasteiger partial charge in [0.15, 0.2) is 0 Å². The average Bonchev–Trinajstić information content (AvgIpc) is 3.24. The lowest BCUT2D eigenvalue weighted by molar-refractivity contribution is 0.0105. The molecule has 7 heteroatoms. The molecule has 1 amide bonds. The molecule has 0 saturated heterocycles. The van der Waals surface area contributed by atoms with E-state index in [1.807, 2.05) is 36.3 Å². The molecule has 0 fully saturated rings. The van der Waals surface area contributed by atoms with E-state index in [0.717, 1.165) is 17.8 Å².